The smallest absolute Gasteiger partial charge is 0.335 e. The first-order chi connectivity index (χ1) is 6.22. The van der Waals surface area contributed by atoms with Gasteiger partial charge in [0, 0.05) is 6.08 Å². The highest BCUT2D eigenvalue weighted by Crippen LogP contribution is 2.16. The van der Waals surface area contributed by atoms with Crippen LogP contribution in [0.5, 0.6) is 11.5 Å². The summed E-state index contributed by atoms with van der Waals surface area (Å²) < 4.78 is 4.85. The van der Waals surface area contributed by atoms with Crippen molar-refractivity contribution in [2.45, 2.75) is 6.92 Å². The quantitative estimate of drug-likeness (QED) is 0.395. The predicted molar refractivity (Wildman–Crippen MR) is 47.0 cm³/mol. The summed E-state index contributed by atoms with van der Waals surface area (Å²) in [5, 5.41) is 10.7. The fourth-order valence-electron chi connectivity index (χ4n) is 0.794. The van der Waals surface area contributed by atoms with Gasteiger partial charge in [-0.05, 0) is 31.2 Å². The molecule has 0 aliphatic heterocycles. The van der Waals surface area contributed by atoms with Crippen LogP contribution >= 0.6 is 0 Å². The number of esters is 1. The summed E-state index contributed by atoms with van der Waals surface area (Å²) in [4.78, 5) is 10.9. The molecule has 0 fully saturated rings. The maximum absolute atomic E-state index is 10.9. The molecule has 0 atom stereocenters. The Hall–Kier alpha value is -1.77. The van der Waals surface area contributed by atoms with E-state index in [1.165, 1.54) is 30.3 Å². The van der Waals surface area contributed by atoms with Crippen molar-refractivity contribution in [2.75, 3.05) is 0 Å². The Morgan fingerprint density at radius 2 is 1.92 bits per heavy atom. The SMILES string of the molecule is C/C=C/C(=O)Oc1ccc([O])cc1. The van der Waals surface area contributed by atoms with Crippen LogP contribution in [0.4, 0.5) is 0 Å². The van der Waals surface area contributed by atoms with Crippen LogP contribution in [0, 0.1) is 0 Å². The van der Waals surface area contributed by atoms with Gasteiger partial charge in [0.25, 0.3) is 0 Å². The van der Waals surface area contributed by atoms with E-state index < -0.39 is 5.97 Å². The molecule has 0 saturated carbocycles. The fourth-order valence-corrected chi connectivity index (χ4v) is 0.794. The normalized spacial score (nSPS) is 10.2. The molecule has 0 aromatic heterocycles. The van der Waals surface area contributed by atoms with Crippen LogP contribution in [-0.4, -0.2) is 5.97 Å². The zero-order valence-electron chi connectivity index (χ0n) is 7.19. The molecule has 0 amide bonds. The Kier molecular flexibility index (Phi) is 3.09. The molecule has 0 aliphatic carbocycles. The highest BCUT2D eigenvalue weighted by Gasteiger charge is 1.99. The summed E-state index contributed by atoms with van der Waals surface area (Å²) >= 11 is 0. The van der Waals surface area contributed by atoms with E-state index in [9.17, 15) is 9.90 Å². The van der Waals surface area contributed by atoms with E-state index >= 15 is 0 Å². The molecule has 0 N–H and O–H groups in total. The van der Waals surface area contributed by atoms with Crippen molar-refractivity contribution in [1.82, 2.24) is 0 Å². The van der Waals surface area contributed by atoms with Crippen molar-refractivity contribution in [3.8, 4) is 11.5 Å². The molecule has 13 heavy (non-hydrogen) atoms. The summed E-state index contributed by atoms with van der Waals surface area (Å²) in [7, 11) is 0. The van der Waals surface area contributed by atoms with Gasteiger partial charge in [-0.2, -0.15) is 0 Å². The lowest BCUT2D eigenvalue weighted by molar-refractivity contribution is -0.129. The van der Waals surface area contributed by atoms with Gasteiger partial charge in [-0.1, -0.05) is 6.08 Å². The van der Waals surface area contributed by atoms with Gasteiger partial charge < -0.3 is 4.74 Å². The topological polar surface area (TPSA) is 46.2 Å². The van der Waals surface area contributed by atoms with Crippen LogP contribution in [0.1, 0.15) is 6.92 Å². The zero-order chi connectivity index (χ0) is 9.68. The van der Waals surface area contributed by atoms with Gasteiger partial charge in [0.15, 0.2) is 5.75 Å². The molecule has 67 valence electrons. The Balaban J connectivity index is 2.64. The van der Waals surface area contributed by atoms with E-state index in [1.54, 1.807) is 13.0 Å². The van der Waals surface area contributed by atoms with Gasteiger partial charge in [-0.3, -0.25) is 5.11 Å². The third kappa shape index (κ3) is 2.99. The van der Waals surface area contributed by atoms with Crippen molar-refractivity contribution >= 4 is 5.97 Å². The standard InChI is InChI=1S/C10H9O3/c1-2-3-10(12)13-9-6-4-8(11)5-7-9/h2-7H,1H3/b3-2+. The molecule has 1 rings (SSSR count). The second kappa shape index (κ2) is 4.30. The van der Waals surface area contributed by atoms with E-state index in [1.807, 2.05) is 0 Å². The Labute approximate surface area is 76.3 Å². The van der Waals surface area contributed by atoms with Gasteiger partial charge in [0.1, 0.15) is 5.75 Å². The number of carbonyl (C=O) groups is 1. The number of carbonyl (C=O) groups excluding carboxylic acids is 1. The summed E-state index contributed by atoms with van der Waals surface area (Å²) in [6.45, 7) is 1.72. The molecule has 0 spiro atoms. The molecule has 0 saturated heterocycles. The highest BCUT2D eigenvalue weighted by molar-refractivity contribution is 5.83. The molecule has 0 bridgehead atoms. The fraction of sp³-hybridized carbons (Fsp3) is 0.100. The van der Waals surface area contributed by atoms with E-state index in [-0.39, 0.29) is 5.75 Å². The van der Waals surface area contributed by atoms with Crippen molar-refractivity contribution in [2.24, 2.45) is 0 Å². The molecule has 0 unspecified atom stereocenters. The highest BCUT2D eigenvalue weighted by atomic mass is 16.5. The van der Waals surface area contributed by atoms with Gasteiger partial charge >= 0.3 is 5.97 Å². The third-order valence-corrected chi connectivity index (χ3v) is 1.34. The van der Waals surface area contributed by atoms with E-state index in [0.717, 1.165) is 0 Å². The average molecular weight is 177 g/mol. The molecular weight excluding hydrogens is 168 g/mol. The molecule has 1 radical (unpaired) electrons. The lowest BCUT2D eigenvalue weighted by atomic mass is 10.3. The Morgan fingerprint density at radius 3 is 2.46 bits per heavy atom. The Bertz CT molecular complexity index is 311. The van der Waals surface area contributed by atoms with Gasteiger partial charge in [0.2, 0.25) is 0 Å². The minimum absolute atomic E-state index is 0.106. The molecular formula is C10H9O3. The first-order valence-corrected chi connectivity index (χ1v) is 3.84. The molecule has 1 aromatic rings. The van der Waals surface area contributed by atoms with Gasteiger partial charge in [-0.25, -0.2) is 4.79 Å². The van der Waals surface area contributed by atoms with Crippen LogP contribution < -0.4 is 4.74 Å². The maximum atomic E-state index is 10.9. The minimum Gasteiger partial charge on any atom is -0.423 e. The lowest BCUT2D eigenvalue weighted by Gasteiger charge is -1.99. The van der Waals surface area contributed by atoms with Crippen LogP contribution in [0.2, 0.25) is 0 Å². The van der Waals surface area contributed by atoms with Crippen molar-refractivity contribution in [3.63, 3.8) is 0 Å². The number of rotatable bonds is 2. The average Bonchev–Trinajstić information content (AvgIpc) is 2.09. The van der Waals surface area contributed by atoms with Gasteiger partial charge in [-0.15, -0.1) is 0 Å². The van der Waals surface area contributed by atoms with E-state index in [2.05, 4.69) is 0 Å². The largest absolute Gasteiger partial charge is 0.423 e. The summed E-state index contributed by atoms with van der Waals surface area (Å²) in [5.74, 6) is -0.172. The third-order valence-electron chi connectivity index (χ3n) is 1.34. The lowest BCUT2D eigenvalue weighted by Crippen LogP contribution is -2.02. The molecule has 3 nitrogen and oxygen atoms in total. The number of allylic oxidation sites excluding steroid dienone is 1. The van der Waals surface area contributed by atoms with E-state index in [0.29, 0.717) is 5.75 Å². The maximum Gasteiger partial charge on any atom is 0.335 e. The number of ether oxygens (including phenoxy) is 1. The summed E-state index contributed by atoms with van der Waals surface area (Å²) in [6, 6.07) is 5.62. The summed E-state index contributed by atoms with van der Waals surface area (Å²) in [5.41, 5.74) is 0. The minimum atomic E-state index is -0.443. The van der Waals surface area contributed by atoms with Crippen molar-refractivity contribution in [1.29, 1.82) is 0 Å². The van der Waals surface area contributed by atoms with Crippen LogP contribution in [0.25, 0.3) is 0 Å². The molecule has 0 heterocycles. The van der Waals surface area contributed by atoms with Crippen molar-refractivity contribution in [3.05, 3.63) is 36.4 Å². The summed E-state index contributed by atoms with van der Waals surface area (Å²) in [6.07, 6.45) is 2.90. The molecule has 1 aromatic carbocycles. The molecule has 3 heteroatoms. The Morgan fingerprint density at radius 1 is 1.31 bits per heavy atom. The monoisotopic (exact) mass is 177 g/mol. The second-order valence-electron chi connectivity index (χ2n) is 2.39. The zero-order valence-corrected chi connectivity index (χ0v) is 7.19. The number of benzene rings is 1. The van der Waals surface area contributed by atoms with Crippen LogP contribution in [0.3, 0.4) is 0 Å². The number of hydrogen-bond donors (Lipinski definition) is 0. The second-order valence-corrected chi connectivity index (χ2v) is 2.39. The molecule has 0 aliphatic rings. The first kappa shape index (κ1) is 9.32. The van der Waals surface area contributed by atoms with Crippen molar-refractivity contribution < 1.29 is 14.6 Å². The first-order valence-electron chi connectivity index (χ1n) is 3.84. The van der Waals surface area contributed by atoms with Crippen LogP contribution in [-0.2, 0) is 9.90 Å². The predicted octanol–water partition coefficient (Wildman–Crippen LogP) is 2.31. The number of hydrogen-bond acceptors (Lipinski definition) is 2. The van der Waals surface area contributed by atoms with E-state index in [4.69, 9.17) is 4.74 Å². The van der Waals surface area contributed by atoms with Gasteiger partial charge in [0.05, 0.1) is 0 Å². The van der Waals surface area contributed by atoms with Crippen LogP contribution in [0.15, 0.2) is 36.4 Å².